The van der Waals surface area contributed by atoms with Gasteiger partial charge in [-0.2, -0.15) is 0 Å². The van der Waals surface area contributed by atoms with Crippen molar-refractivity contribution in [2.24, 2.45) is 5.14 Å². The van der Waals surface area contributed by atoms with E-state index in [1.54, 1.807) is 19.1 Å². The highest BCUT2D eigenvalue weighted by molar-refractivity contribution is 7.89. The van der Waals surface area contributed by atoms with Crippen molar-refractivity contribution in [3.63, 3.8) is 0 Å². The van der Waals surface area contributed by atoms with E-state index in [1.165, 1.54) is 17.7 Å². The van der Waals surface area contributed by atoms with Crippen LogP contribution in [0.2, 0.25) is 0 Å². The largest absolute Gasteiger partial charge is 0.489 e. The number of halogens is 1. The second-order valence-corrected chi connectivity index (χ2v) is 4.96. The summed E-state index contributed by atoms with van der Waals surface area (Å²) in [6.07, 6.45) is 1.63. The number of nitrogens with two attached hydrogens (primary N) is 1. The molecule has 0 atom stereocenters. The summed E-state index contributed by atoms with van der Waals surface area (Å²) in [5, 5.41) is 5.00. The number of aryl methyl sites for hydroxylation is 1. The molecule has 0 aliphatic rings. The van der Waals surface area contributed by atoms with E-state index in [2.05, 4.69) is 0 Å². The zero-order chi connectivity index (χ0) is 12.2. The SMILES string of the molecule is Cc1cc(S(N)(=O)=O)ccc1OC/C=C/Cl. The molecule has 1 aromatic carbocycles. The molecule has 0 unspecified atom stereocenters. The Balaban J connectivity index is 2.92. The van der Waals surface area contributed by atoms with E-state index in [0.717, 1.165) is 0 Å². The highest BCUT2D eigenvalue weighted by atomic mass is 35.5. The highest BCUT2D eigenvalue weighted by Crippen LogP contribution is 2.21. The van der Waals surface area contributed by atoms with Gasteiger partial charge >= 0.3 is 0 Å². The standard InChI is InChI=1S/C10H12ClNO3S/c1-8-7-9(16(12,13)14)3-4-10(8)15-6-2-5-11/h2-5,7H,6H2,1H3,(H2,12,13,14)/b5-2+. The molecule has 4 nitrogen and oxygen atoms in total. The minimum atomic E-state index is -3.66. The normalized spacial score (nSPS) is 11.9. The fourth-order valence-electron chi connectivity index (χ4n) is 1.14. The molecular weight excluding hydrogens is 250 g/mol. The summed E-state index contributed by atoms with van der Waals surface area (Å²) in [4.78, 5) is 0.0743. The Morgan fingerprint density at radius 2 is 2.19 bits per heavy atom. The van der Waals surface area contributed by atoms with Crippen molar-refractivity contribution in [2.45, 2.75) is 11.8 Å². The smallest absolute Gasteiger partial charge is 0.238 e. The third-order valence-electron chi connectivity index (χ3n) is 1.90. The van der Waals surface area contributed by atoms with Gasteiger partial charge in [0.1, 0.15) is 12.4 Å². The fraction of sp³-hybridized carbons (Fsp3) is 0.200. The summed E-state index contributed by atoms with van der Waals surface area (Å²) in [5.41, 5.74) is 2.06. The van der Waals surface area contributed by atoms with Crippen LogP contribution < -0.4 is 9.88 Å². The summed E-state index contributed by atoms with van der Waals surface area (Å²) in [5.74, 6) is 0.599. The Labute approximate surface area is 99.7 Å². The first-order chi connectivity index (χ1) is 7.45. The van der Waals surface area contributed by atoms with E-state index < -0.39 is 10.0 Å². The molecular formula is C10H12ClNO3S. The molecule has 0 saturated carbocycles. The van der Waals surface area contributed by atoms with Crippen LogP contribution in [-0.4, -0.2) is 15.0 Å². The number of hydrogen-bond donors (Lipinski definition) is 1. The molecule has 88 valence electrons. The quantitative estimate of drug-likeness (QED) is 0.898. The van der Waals surface area contributed by atoms with Gasteiger partial charge in [-0.25, -0.2) is 13.6 Å². The van der Waals surface area contributed by atoms with Crippen molar-refractivity contribution >= 4 is 21.6 Å². The maximum atomic E-state index is 11.1. The van der Waals surface area contributed by atoms with Crippen LogP contribution in [0.1, 0.15) is 5.56 Å². The maximum absolute atomic E-state index is 11.1. The summed E-state index contributed by atoms with van der Waals surface area (Å²) in [7, 11) is -3.66. The minimum Gasteiger partial charge on any atom is -0.489 e. The molecule has 0 aliphatic carbocycles. The molecule has 0 saturated heterocycles. The first kappa shape index (κ1) is 13.0. The molecule has 2 N–H and O–H groups in total. The summed E-state index contributed by atoms with van der Waals surface area (Å²) < 4.78 is 27.5. The molecule has 0 aliphatic heterocycles. The summed E-state index contributed by atoms with van der Waals surface area (Å²) >= 11 is 5.34. The van der Waals surface area contributed by atoms with Crippen molar-refractivity contribution in [3.8, 4) is 5.75 Å². The predicted octanol–water partition coefficient (Wildman–Crippen LogP) is 1.77. The molecule has 0 radical (unpaired) electrons. The number of sulfonamides is 1. The monoisotopic (exact) mass is 261 g/mol. The highest BCUT2D eigenvalue weighted by Gasteiger charge is 2.09. The van der Waals surface area contributed by atoms with Crippen molar-refractivity contribution in [2.75, 3.05) is 6.61 Å². The average molecular weight is 262 g/mol. The zero-order valence-electron chi connectivity index (χ0n) is 8.68. The zero-order valence-corrected chi connectivity index (χ0v) is 10.3. The van der Waals surface area contributed by atoms with Crippen LogP contribution in [0.5, 0.6) is 5.75 Å². The summed E-state index contributed by atoms with van der Waals surface area (Å²) in [6.45, 7) is 2.08. The average Bonchev–Trinajstić information content (AvgIpc) is 2.19. The molecule has 0 fully saturated rings. The molecule has 1 rings (SSSR count). The van der Waals surface area contributed by atoms with Crippen LogP contribution in [0.4, 0.5) is 0 Å². The van der Waals surface area contributed by atoms with Crippen LogP contribution in [-0.2, 0) is 10.0 Å². The maximum Gasteiger partial charge on any atom is 0.238 e. The van der Waals surface area contributed by atoms with E-state index in [4.69, 9.17) is 21.5 Å². The molecule has 1 aromatic rings. The summed E-state index contributed by atoms with van der Waals surface area (Å²) in [6, 6.07) is 4.44. The number of benzene rings is 1. The van der Waals surface area contributed by atoms with Crippen LogP contribution in [0.15, 0.2) is 34.7 Å². The van der Waals surface area contributed by atoms with Gasteiger partial charge in [-0.15, -0.1) is 0 Å². The lowest BCUT2D eigenvalue weighted by Crippen LogP contribution is -2.12. The first-order valence-corrected chi connectivity index (χ1v) is 6.45. The van der Waals surface area contributed by atoms with Crippen molar-refractivity contribution in [1.29, 1.82) is 0 Å². The molecule has 0 aromatic heterocycles. The minimum absolute atomic E-state index is 0.0743. The van der Waals surface area contributed by atoms with Gasteiger partial charge in [0.2, 0.25) is 10.0 Å². The van der Waals surface area contributed by atoms with Crippen LogP contribution in [0, 0.1) is 6.92 Å². The lowest BCUT2D eigenvalue weighted by molar-refractivity contribution is 0.360. The fourth-order valence-corrected chi connectivity index (χ4v) is 1.81. The van der Waals surface area contributed by atoms with E-state index in [-0.39, 0.29) is 4.90 Å². The first-order valence-electron chi connectivity index (χ1n) is 4.46. The van der Waals surface area contributed by atoms with Gasteiger partial charge in [0.15, 0.2) is 0 Å². The Kier molecular flexibility index (Phi) is 4.35. The number of primary sulfonamides is 1. The third kappa shape index (κ3) is 3.52. The van der Waals surface area contributed by atoms with Crippen molar-refractivity contribution < 1.29 is 13.2 Å². The number of hydrogen-bond acceptors (Lipinski definition) is 3. The second-order valence-electron chi connectivity index (χ2n) is 3.15. The van der Waals surface area contributed by atoms with E-state index in [9.17, 15) is 8.42 Å². The van der Waals surface area contributed by atoms with Crippen LogP contribution in [0.3, 0.4) is 0 Å². The number of ether oxygens (including phenoxy) is 1. The van der Waals surface area contributed by atoms with Gasteiger partial charge in [-0.3, -0.25) is 0 Å². The van der Waals surface area contributed by atoms with E-state index >= 15 is 0 Å². The van der Waals surface area contributed by atoms with Crippen molar-refractivity contribution in [1.82, 2.24) is 0 Å². The molecule has 0 amide bonds. The predicted molar refractivity (Wildman–Crippen MR) is 63.0 cm³/mol. The van der Waals surface area contributed by atoms with Gasteiger partial charge in [0.25, 0.3) is 0 Å². The molecule has 0 bridgehead atoms. The second kappa shape index (κ2) is 5.34. The van der Waals surface area contributed by atoms with Crippen LogP contribution >= 0.6 is 11.6 Å². The van der Waals surface area contributed by atoms with Gasteiger partial charge in [-0.1, -0.05) is 11.6 Å². The van der Waals surface area contributed by atoms with Gasteiger partial charge in [0, 0.05) is 5.54 Å². The lowest BCUT2D eigenvalue weighted by Gasteiger charge is -2.08. The Morgan fingerprint density at radius 3 is 2.69 bits per heavy atom. The molecule has 16 heavy (non-hydrogen) atoms. The lowest BCUT2D eigenvalue weighted by atomic mass is 10.2. The van der Waals surface area contributed by atoms with E-state index in [0.29, 0.717) is 17.9 Å². The Bertz CT molecular complexity index is 497. The Hall–Kier alpha value is -1.04. The topological polar surface area (TPSA) is 69.4 Å². The van der Waals surface area contributed by atoms with Gasteiger partial charge in [-0.05, 0) is 36.8 Å². The van der Waals surface area contributed by atoms with Crippen LogP contribution in [0.25, 0.3) is 0 Å². The van der Waals surface area contributed by atoms with Gasteiger partial charge in [0.05, 0.1) is 4.90 Å². The number of rotatable bonds is 4. The molecule has 0 heterocycles. The molecule has 0 spiro atoms. The van der Waals surface area contributed by atoms with Crippen molar-refractivity contribution in [3.05, 3.63) is 35.4 Å². The molecule has 6 heteroatoms. The van der Waals surface area contributed by atoms with Gasteiger partial charge < -0.3 is 4.74 Å². The Morgan fingerprint density at radius 1 is 1.50 bits per heavy atom. The van der Waals surface area contributed by atoms with E-state index in [1.807, 2.05) is 0 Å². The third-order valence-corrected chi connectivity index (χ3v) is 2.99.